The van der Waals surface area contributed by atoms with Gasteiger partial charge in [0.05, 0.1) is 17.4 Å². The first kappa shape index (κ1) is 12.8. The van der Waals surface area contributed by atoms with E-state index in [1.54, 1.807) is 0 Å². The number of nitrogens with one attached hydrogen (secondary N) is 1. The normalized spacial score (nSPS) is 24.0. The summed E-state index contributed by atoms with van der Waals surface area (Å²) in [5, 5.41) is 3.62. The van der Waals surface area contributed by atoms with Gasteiger partial charge in [0.2, 0.25) is 0 Å². The Labute approximate surface area is 126 Å². The first-order valence-electron chi connectivity index (χ1n) is 8.01. The minimum absolute atomic E-state index is 0.521. The van der Waals surface area contributed by atoms with Gasteiger partial charge in [-0.25, -0.2) is 0 Å². The lowest BCUT2D eigenvalue weighted by Gasteiger charge is -2.48. The molecular weight excluding hydrogens is 256 g/mol. The van der Waals surface area contributed by atoms with Crippen LogP contribution in [0, 0.1) is 6.92 Å². The van der Waals surface area contributed by atoms with Crippen LogP contribution >= 0.6 is 0 Å². The summed E-state index contributed by atoms with van der Waals surface area (Å²) in [5.74, 6) is 0. The Bertz CT molecular complexity index is 635. The lowest BCUT2D eigenvalue weighted by Crippen LogP contribution is -2.48. The van der Waals surface area contributed by atoms with Crippen molar-refractivity contribution < 1.29 is 0 Å². The Balaban J connectivity index is 1.80. The molecule has 21 heavy (non-hydrogen) atoms. The molecule has 2 aliphatic rings. The maximum atomic E-state index is 3.62. The molecule has 4 rings (SSSR count). The van der Waals surface area contributed by atoms with Gasteiger partial charge in [-0.1, -0.05) is 36.4 Å². The van der Waals surface area contributed by atoms with Gasteiger partial charge in [-0.3, -0.25) is 0 Å². The molecule has 2 heterocycles. The number of fused-ring (bicyclic) bond motifs is 3. The molecule has 2 nitrogen and oxygen atoms in total. The van der Waals surface area contributed by atoms with Crippen molar-refractivity contribution in [1.82, 2.24) is 0 Å². The van der Waals surface area contributed by atoms with E-state index in [4.69, 9.17) is 0 Å². The van der Waals surface area contributed by atoms with E-state index < -0.39 is 0 Å². The maximum Gasteiger partial charge on any atom is 0.0612 e. The van der Waals surface area contributed by atoms with Crippen LogP contribution in [0.25, 0.3) is 0 Å². The molecule has 0 bridgehead atoms. The lowest BCUT2D eigenvalue weighted by molar-refractivity contribution is 0.391. The molecule has 0 radical (unpaired) electrons. The van der Waals surface area contributed by atoms with Crippen LogP contribution in [0.2, 0.25) is 0 Å². The SMILES string of the molecule is Cc1ccc2c(c1)N1[C@H](CCC[C@H]1c1ccccc1)CN2. The molecule has 0 spiro atoms. The number of hydrogen-bond donors (Lipinski definition) is 1. The number of benzene rings is 2. The second kappa shape index (κ2) is 5.10. The number of anilines is 2. The number of rotatable bonds is 1. The van der Waals surface area contributed by atoms with Gasteiger partial charge in [-0.2, -0.15) is 0 Å². The van der Waals surface area contributed by atoms with Crippen molar-refractivity contribution >= 4 is 11.4 Å². The van der Waals surface area contributed by atoms with Crippen molar-refractivity contribution in [3.63, 3.8) is 0 Å². The molecular formula is C19H22N2. The Morgan fingerprint density at radius 1 is 1.05 bits per heavy atom. The number of piperidine rings is 1. The summed E-state index contributed by atoms with van der Waals surface area (Å²) >= 11 is 0. The molecule has 1 saturated heterocycles. The molecule has 0 aliphatic carbocycles. The summed E-state index contributed by atoms with van der Waals surface area (Å²) in [5.41, 5.74) is 5.48. The molecule has 108 valence electrons. The highest BCUT2D eigenvalue weighted by atomic mass is 15.3. The van der Waals surface area contributed by atoms with Crippen LogP contribution in [0.4, 0.5) is 11.4 Å². The zero-order valence-corrected chi connectivity index (χ0v) is 12.5. The highest BCUT2D eigenvalue weighted by Crippen LogP contribution is 2.44. The first-order chi connectivity index (χ1) is 10.3. The van der Waals surface area contributed by atoms with Crippen LogP contribution < -0.4 is 10.2 Å². The van der Waals surface area contributed by atoms with Crippen molar-refractivity contribution in [2.75, 3.05) is 16.8 Å². The summed E-state index contributed by atoms with van der Waals surface area (Å²) in [6.45, 7) is 3.25. The van der Waals surface area contributed by atoms with E-state index in [9.17, 15) is 0 Å². The summed E-state index contributed by atoms with van der Waals surface area (Å²) in [6, 6.07) is 18.9. The highest BCUT2D eigenvalue weighted by Gasteiger charge is 2.35. The standard InChI is InChI=1S/C19H22N2/c1-14-10-11-17-19(12-14)21-16(13-20-17)8-5-9-18(21)15-6-3-2-4-7-15/h2-4,6-7,10-12,16,18,20H,5,8-9,13H2,1H3/t16-,18+/m1/s1. The Hall–Kier alpha value is -1.96. The van der Waals surface area contributed by atoms with Gasteiger partial charge in [0.1, 0.15) is 0 Å². The predicted molar refractivity (Wildman–Crippen MR) is 89.0 cm³/mol. The highest BCUT2D eigenvalue weighted by molar-refractivity contribution is 5.74. The second-order valence-electron chi connectivity index (χ2n) is 6.32. The molecule has 2 aromatic rings. The predicted octanol–water partition coefficient (Wildman–Crippen LogP) is 4.52. The molecule has 2 atom stereocenters. The van der Waals surface area contributed by atoms with Gasteiger partial charge in [0.25, 0.3) is 0 Å². The molecule has 0 unspecified atom stereocenters. The van der Waals surface area contributed by atoms with E-state index in [0.29, 0.717) is 12.1 Å². The molecule has 0 amide bonds. The number of nitrogens with zero attached hydrogens (tertiary/aromatic N) is 1. The van der Waals surface area contributed by atoms with Crippen LogP contribution in [0.15, 0.2) is 48.5 Å². The fourth-order valence-electron chi connectivity index (χ4n) is 3.88. The van der Waals surface area contributed by atoms with Crippen LogP contribution in [0.5, 0.6) is 0 Å². The number of aryl methyl sites for hydroxylation is 1. The van der Waals surface area contributed by atoms with Gasteiger partial charge in [-0.15, -0.1) is 0 Å². The van der Waals surface area contributed by atoms with Gasteiger partial charge in [0.15, 0.2) is 0 Å². The minimum Gasteiger partial charge on any atom is -0.381 e. The average molecular weight is 278 g/mol. The van der Waals surface area contributed by atoms with E-state index in [0.717, 1.165) is 6.54 Å². The Morgan fingerprint density at radius 2 is 1.90 bits per heavy atom. The van der Waals surface area contributed by atoms with E-state index in [1.807, 2.05) is 0 Å². The second-order valence-corrected chi connectivity index (χ2v) is 6.32. The summed E-state index contributed by atoms with van der Waals surface area (Å²) in [7, 11) is 0. The van der Waals surface area contributed by atoms with Crippen molar-refractivity contribution in [3.05, 3.63) is 59.7 Å². The first-order valence-corrected chi connectivity index (χ1v) is 8.01. The van der Waals surface area contributed by atoms with Gasteiger partial charge in [-0.05, 0) is 49.4 Å². The van der Waals surface area contributed by atoms with E-state index in [2.05, 4.69) is 65.7 Å². The lowest BCUT2D eigenvalue weighted by atomic mass is 9.88. The van der Waals surface area contributed by atoms with Crippen LogP contribution in [0.1, 0.15) is 36.4 Å². The third-order valence-corrected chi connectivity index (χ3v) is 4.89. The molecule has 2 aliphatic heterocycles. The van der Waals surface area contributed by atoms with Crippen LogP contribution in [-0.4, -0.2) is 12.6 Å². The zero-order chi connectivity index (χ0) is 14.2. The average Bonchev–Trinajstić information content (AvgIpc) is 2.55. The van der Waals surface area contributed by atoms with Gasteiger partial charge < -0.3 is 10.2 Å². The summed E-state index contributed by atoms with van der Waals surface area (Å²) in [4.78, 5) is 2.68. The van der Waals surface area contributed by atoms with Crippen molar-refractivity contribution in [2.24, 2.45) is 0 Å². The molecule has 1 N–H and O–H groups in total. The number of hydrogen-bond acceptors (Lipinski definition) is 2. The van der Waals surface area contributed by atoms with Crippen LogP contribution in [-0.2, 0) is 0 Å². The third-order valence-electron chi connectivity index (χ3n) is 4.89. The van der Waals surface area contributed by atoms with E-state index in [-0.39, 0.29) is 0 Å². The van der Waals surface area contributed by atoms with Crippen LogP contribution in [0.3, 0.4) is 0 Å². The monoisotopic (exact) mass is 278 g/mol. The molecule has 0 aromatic heterocycles. The fraction of sp³-hybridized carbons (Fsp3) is 0.368. The van der Waals surface area contributed by atoms with Gasteiger partial charge in [0, 0.05) is 12.6 Å². The largest absolute Gasteiger partial charge is 0.381 e. The third kappa shape index (κ3) is 2.19. The topological polar surface area (TPSA) is 15.3 Å². The molecule has 0 saturated carbocycles. The summed E-state index contributed by atoms with van der Waals surface area (Å²) in [6.07, 6.45) is 3.88. The smallest absolute Gasteiger partial charge is 0.0612 e. The quantitative estimate of drug-likeness (QED) is 0.825. The van der Waals surface area contributed by atoms with Gasteiger partial charge >= 0.3 is 0 Å². The Kier molecular flexibility index (Phi) is 3.10. The van der Waals surface area contributed by atoms with Crippen molar-refractivity contribution in [2.45, 2.75) is 38.3 Å². The van der Waals surface area contributed by atoms with Crippen molar-refractivity contribution in [3.8, 4) is 0 Å². The van der Waals surface area contributed by atoms with E-state index >= 15 is 0 Å². The Morgan fingerprint density at radius 3 is 2.76 bits per heavy atom. The molecule has 2 aromatic carbocycles. The molecule has 1 fully saturated rings. The van der Waals surface area contributed by atoms with E-state index in [1.165, 1.54) is 41.8 Å². The maximum absolute atomic E-state index is 3.62. The molecule has 2 heteroatoms. The van der Waals surface area contributed by atoms with Crippen molar-refractivity contribution in [1.29, 1.82) is 0 Å². The minimum atomic E-state index is 0.521. The summed E-state index contributed by atoms with van der Waals surface area (Å²) < 4.78 is 0. The fourth-order valence-corrected chi connectivity index (χ4v) is 3.88. The zero-order valence-electron chi connectivity index (χ0n) is 12.5.